The minimum Gasteiger partial charge on any atom is -0.423 e. The lowest BCUT2D eigenvalue weighted by molar-refractivity contribution is 0.0728. The summed E-state index contributed by atoms with van der Waals surface area (Å²) in [6, 6.07) is 19.3. The summed E-state index contributed by atoms with van der Waals surface area (Å²) in [5, 5.41) is 0. The van der Waals surface area contributed by atoms with Crippen molar-refractivity contribution in [1.82, 2.24) is 0 Å². The van der Waals surface area contributed by atoms with Gasteiger partial charge in [0.05, 0.1) is 5.56 Å². The molecule has 4 aromatic carbocycles. The topological polar surface area (TPSA) is 26.3 Å². The fourth-order valence-electron chi connectivity index (χ4n) is 3.28. The molecule has 0 N–H and O–H groups in total. The fourth-order valence-corrected chi connectivity index (χ4v) is 3.28. The molecule has 4 aromatic rings. The Labute approximate surface area is 181 Å². The van der Waals surface area contributed by atoms with Crippen LogP contribution in [0.3, 0.4) is 0 Å². The van der Waals surface area contributed by atoms with Gasteiger partial charge in [0, 0.05) is 11.1 Å². The summed E-state index contributed by atoms with van der Waals surface area (Å²) in [5.74, 6) is -5.43. The average molecular weight is 436 g/mol. The molecule has 4 rings (SSSR count). The van der Waals surface area contributed by atoms with Gasteiger partial charge in [-0.15, -0.1) is 0 Å². The van der Waals surface area contributed by atoms with Gasteiger partial charge in [-0.1, -0.05) is 60.7 Å². The summed E-state index contributed by atoms with van der Waals surface area (Å²) in [6.07, 6.45) is 0. The van der Waals surface area contributed by atoms with E-state index in [9.17, 15) is 22.4 Å². The predicted molar refractivity (Wildman–Crippen MR) is 113 cm³/mol. The lowest BCUT2D eigenvalue weighted by Crippen LogP contribution is -2.12. The molecule has 0 bridgehead atoms. The molecule has 0 aliphatic heterocycles. The van der Waals surface area contributed by atoms with Crippen molar-refractivity contribution in [1.29, 1.82) is 0 Å². The molecule has 2 nitrogen and oxygen atoms in total. The van der Waals surface area contributed by atoms with E-state index in [1.54, 1.807) is 30.3 Å². The van der Waals surface area contributed by atoms with Gasteiger partial charge in [0.15, 0.2) is 23.3 Å². The van der Waals surface area contributed by atoms with Crippen LogP contribution in [0.2, 0.25) is 0 Å². The summed E-state index contributed by atoms with van der Waals surface area (Å²) < 4.78 is 62.2. The highest BCUT2D eigenvalue weighted by atomic mass is 19.2. The second-order valence-electron chi connectivity index (χ2n) is 7.13. The van der Waals surface area contributed by atoms with Crippen molar-refractivity contribution in [2.75, 3.05) is 0 Å². The average Bonchev–Trinajstić information content (AvgIpc) is 2.80. The standard InChI is InChI=1S/C26H16F4O2/c1-15-7-12-19(23(28)22(15)27)17-8-10-18(11-9-17)32-26(31)21-14-13-20(24(29)25(21)30)16-5-3-2-4-6-16/h2-14H,1H3. The maximum atomic E-state index is 14.5. The van der Waals surface area contributed by atoms with E-state index < -0.39 is 34.8 Å². The van der Waals surface area contributed by atoms with Gasteiger partial charge in [0.1, 0.15) is 5.75 Å². The molecule has 0 aliphatic rings. The van der Waals surface area contributed by atoms with Crippen molar-refractivity contribution in [2.45, 2.75) is 6.92 Å². The monoisotopic (exact) mass is 436 g/mol. The van der Waals surface area contributed by atoms with E-state index in [0.717, 1.165) is 6.07 Å². The number of rotatable bonds is 4. The molecule has 0 saturated heterocycles. The van der Waals surface area contributed by atoms with Gasteiger partial charge in [-0.3, -0.25) is 0 Å². The molecule has 0 aliphatic carbocycles. The van der Waals surface area contributed by atoms with Crippen molar-refractivity contribution >= 4 is 5.97 Å². The first-order valence-electron chi connectivity index (χ1n) is 9.67. The second-order valence-corrected chi connectivity index (χ2v) is 7.13. The lowest BCUT2D eigenvalue weighted by Gasteiger charge is -2.10. The van der Waals surface area contributed by atoms with Gasteiger partial charge >= 0.3 is 5.97 Å². The third-order valence-electron chi connectivity index (χ3n) is 5.04. The van der Waals surface area contributed by atoms with Gasteiger partial charge in [0.25, 0.3) is 0 Å². The van der Waals surface area contributed by atoms with E-state index in [1.165, 1.54) is 49.4 Å². The third kappa shape index (κ3) is 3.99. The molecule has 6 heteroatoms. The SMILES string of the molecule is Cc1ccc(-c2ccc(OC(=O)c3ccc(-c4ccccc4)c(F)c3F)cc2)c(F)c1F. The molecule has 0 aromatic heterocycles. The van der Waals surface area contributed by atoms with E-state index in [2.05, 4.69) is 0 Å². The maximum Gasteiger partial charge on any atom is 0.346 e. The van der Waals surface area contributed by atoms with E-state index in [-0.39, 0.29) is 22.4 Å². The Kier molecular flexibility index (Phi) is 5.77. The Morgan fingerprint density at radius 3 is 1.84 bits per heavy atom. The van der Waals surface area contributed by atoms with Crippen LogP contribution in [-0.4, -0.2) is 5.97 Å². The van der Waals surface area contributed by atoms with Gasteiger partial charge in [-0.05, 0) is 41.8 Å². The van der Waals surface area contributed by atoms with E-state index >= 15 is 0 Å². The first-order valence-corrected chi connectivity index (χ1v) is 9.67. The number of ether oxygens (including phenoxy) is 1. The zero-order valence-electron chi connectivity index (χ0n) is 16.8. The van der Waals surface area contributed by atoms with E-state index in [1.807, 2.05) is 0 Å². The number of benzene rings is 4. The third-order valence-corrected chi connectivity index (χ3v) is 5.04. The molecule has 0 radical (unpaired) electrons. The van der Waals surface area contributed by atoms with Crippen LogP contribution in [-0.2, 0) is 0 Å². The van der Waals surface area contributed by atoms with Crippen LogP contribution in [0.25, 0.3) is 22.3 Å². The zero-order valence-corrected chi connectivity index (χ0v) is 16.8. The Morgan fingerprint density at radius 1 is 0.625 bits per heavy atom. The highest BCUT2D eigenvalue weighted by Gasteiger charge is 2.21. The molecule has 0 fully saturated rings. The van der Waals surface area contributed by atoms with Crippen LogP contribution in [0.15, 0.2) is 78.9 Å². The molecule has 32 heavy (non-hydrogen) atoms. The molecule has 0 heterocycles. The predicted octanol–water partition coefficient (Wildman–Crippen LogP) is 7.10. The van der Waals surface area contributed by atoms with Crippen molar-refractivity contribution in [3.8, 4) is 28.0 Å². The van der Waals surface area contributed by atoms with Gasteiger partial charge < -0.3 is 4.74 Å². The number of halogens is 4. The number of aryl methyl sites for hydroxylation is 1. The summed E-state index contributed by atoms with van der Waals surface area (Å²) >= 11 is 0. The molecule has 0 atom stereocenters. The van der Waals surface area contributed by atoms with Crippen LogP contribution < -0.4 is 4.74 Å². The minimum atomic E-state index is -1.31. The van der Waals surface area contributed by atoms with E-state index in [0.29, 0.717) is 11.1 Å². The molecular weight excluding hydrogens is 420 g/mol. The Morgan fingerprint density at radius 2 is 1.19 bits per heavy atom. The Balaban J connectivity index is 1.56. The van der Waals surface area contributed by atoms with Crippen molar-refractivity contribution in [3.05, 3.63) is 113 Å². The summed E-state index contributed by atoms with van der Waals surface area (Å²) in [6.45, 7) is 1.46. The van der Waals surface area contributed by atoms with Crippen molar-refractivity contribution in [2.24, 2.45) is 0 Å². The highest BCUT2D eigenvalue weighted by Crippen LogP contribution is 2.29. The molecule has 0 saturated carbocycles. The minimum absolute atomic E-state index is 0.0244. The smallest absolute Gasteiger partial charge is 0.346 e. The number of carbonyl (C=O) groups is 1. The molecule has 160 valence electrons. The summed E-state index contributed by atoms with van der Waals surface area (Å²) in [4.78, 5) is 12.4. The summed E-state index contributed by atoms with van der Waals surface area (Å²) in [7, 11) is 0. The zero-order chi connectivity index (χ0) is 22.8. The summed E-state index contributed by atoms with van der Waals surface area (Å²) in [5.41, 5.74) is 0.541. The van der Waals surface area contributed by atoms with Crippen LogP contribution >= 0.6 is 0 Å². The van der Waals surface area contributed by atoms with Crippen molar-refractivity contribution in [3.63, 3.8) is 0 Å². The number of esters is 1. The normalized spacial score (nSPS) is 10.8. The van der Waals surface area contributed by atoms with Crippen LogP contribution in [0.1, 0.15) is 15.9 Å². The second kappa shape index (κ2) is 8.67. The van der Waals surface area contributed by atoms with E-state index in [4.69, 9.17) is 4.74 Å². The first kappa shape index (κ1) is 21.3. The number of carbonyl (C=O) groups excluding carboxylic acids is 1. The number of hydrogen-bond acceptors (Lipinski definition) is 2. The number of hydrogen-bond donors (Lipinski definition) is 0. The van der Waals surface area contributed by atoms with Crippen LogP contribution in [0, 0.1) is 30.2 Å². The van der Waals surface area contributed by atoms with Crippen LogP contribution in [0.4, 0.5) is 17.6 Å². The Hall–Kier alpha value is -3.93. The molecule has 0 amide bonds. The fraction of sp³-hybridized carbons (Fsp3) is 0.0385. The lowest BCUT2D eigenvalue weighted by atomic mass is 10.0. The Bertz CT molecular complexity index is 1300. The van der Waals surface area contributed by atoms with Gasteiger partial charge in [-0.25, -0.2) is 22.4 Å². The quantitative estimate of drug-likeness (QED) is 0.194. The molecule has 0 spiro atoms. The largest absolute Gasteiger partial charge is 0.423 e. The maximum absolute atomic E-state index is 14.5. The molecular formula is C26H16F4O2. The first-order chi connectivity index (χ1) is 15.4. The van der Waals surface area contributed by atoms with Crippen LogP contribution in [0.5, 0.6) is 5.75 Å². The highest BCUT2D eigenvalue weighted by molar-refractivity contribution is 5.92. The van der Waals surface area contributed by atoms with Gasteiger partial charge in [-0.2, -0.15) is 0 Å². The molecule has 0 unspecified atom stereocenters. The van der Waals surface area contributed by atoms with Gasteiger partial charge in [0.2, 0.25) is 0 Å². The van der Waals surface area contributed by atoms with Crippen molar-refractivity contribution < 1.29 is 27.1 Å².